The molecule has 4 nitrogen and oxygen atoms in total. The number of anilines is 1. The third-order valence-corrected chi connectivity index (χ3v) is 6.93. The number of aromatic nitrogens is 2. The van der Waals surface area contributed by atoms with Crippen molar-refractivity contribution in [3.8, 4) is 11.3 Å². The van der Waals surface area contributed by atoms with E-state index in [9.17, 15) is 4.21 Å². The number of para-hydroxylation sites is 1. The molecule has 1 unspecified atom stereocenters. The summed E-state index contributed by atoms with van der Waals surface area (Å²) in [5, 5.41) is 3.21. The Morgan fingerprint density at radius 3 is 2.66 bits per heavy atom. The summed E-state index contributed by atoms with van der Waals surface area (Å²) in [6, 6.07) is 23.0. The van der Waals surface area contributed by atoms with Crippen LogP contribution in [0.2, 0.25) is 10.0 Å². The highest BCUT2D eigenvalue weighted by Crippen LogP contribution is 2.36. The van der Waals surface area contributed by atoms with Crippen molar-refractivity contribution in [2.45, 2.75) is 12.7 Å². The van der Waals surface area contributed by atoms with Gasteiger partial charge in [-0.05, 0) is 55.0 Å². The summed E-state index contributed by atoms with van der Waals surface area (Å²) in [7, 11) is -1.30. The lowest BCUT2D eigenvalue weighted by atomic mass is 10.1. The van der Waals surface area contributed by atoms with Gasteiger partial charge in [0.15, 0.2) is 0 Å². The van der Waals surface area contributed by atoms with E-state index in [1.165, 1.54) is 0 Å². The van der Waals surface area contributed by atoms with Gasteiger partial charge < -0.3 is 9.71 Å². The number of aromatic amines is 1. The molecule has 0 saturated heterocycles. The van der Waals surface area contributed by atoms with E-state index in [-0.39, 0.29) is 0 Å². The van der Waals surface area contributed by atoms with E-state index in [2.05, 4.69) is 9.71 Å². The van der Waals surface area contributed by atoms with Crippen molar-refractivity contribution in [3.63, 3.8) is 0 Å². The Morgan fingerprint density at radius 1 is 0.969 bits per heavy atom. The average molecular weight is 480 g/mol. The molecular weight excluding hydrogens is 461 g/mol. The first-order valence-electron chi connectivity index (χ1n) is 10.1. The number of hydrogen-bond donors (Lipinski definition) is 2. The number of benzene rings is 3. The van der Waals surface area contributed by atoms with Crippen LogP contribution in [-0.2, 0) is 16.7 Å². The molecule has 5 rings (SSSR count). The number of pyridine rings is 1. The monoisotopic (exact) mass is 479 g/mol. The van der Waals surface area contributed by atoms with Crippen molar-refractivity contribution in [1.29, 1.82) is 0 Å². The van der Waals surface area contributed by atoms with Gasteiger partial charge in [-0.25, -0.2) is 9.19 Å². The van der Waals surface area contributed by atoms with Crippen LogP contribution in [0.25, 0.3) is 33.1 Å². The number of nitrogens with one attached hydrogen (secondary N) is 2. The number of H-pyrrole nitrogens is 1. The van der Waals surface area contributed by atoms with Crippen molar-refractivity contribution in [2.24, 2.45) is 0 Å². The first-order chi connectivity index (χ1) is 15.5. The quantitative estimate of drug-likeness (QED) is 0.278. The van der Waals surface area contributed by atoms with Crippen LogP contribution in [0.1, 0.15) is 11.3 Å². The molecule has 3 aromatic carbocycles. The third kappa shape index (κ3) is 4.11. The summed E-state index contributed by atoms with van der Waals surface area (Å²) in [5.74, 6) is 0.361. The number of aryl methyl sites for hydroxylation is 1. The zero-order valence-electron chi connectivity index (χ0n) is 17.2. The number of hydrogen-bond acceptors (Lipinski definition) is 2. The van der Waals surface area contributed by atoms with E-state index >= 15 is 0 Å². The smallest absolute Gasteiger partial charge is 0.121 e. The molecule has 0 amide bonds. The van der Waals surface area contributed by atoms with Gasteiger partial charge in [0.1, 0.15) is 11.0 Å². The van der Waals surface area contributed by atoms with E-state index in [0.717, 1.165) is 50.0 Å². The maximum absolute atomic E-state index is 12.7. The summed E-state index contributed by atoms with van der Waals surface area (Å²) in [6.07, 6.45) is 0. The van der Waals surface area contributed by atoms with Crippen molar-refractivity contribution in [2.75, 3.05) is 4.72 Å². The zero-order valence-corrected chi connectivity index (χ0v) is 19.5. The normalized spacial score (nSPS) is 12.3. The maximum Gasteiger partial charge on any atom is 0.121 e. The molecule has 1 atom stereocenters. The molecule has 0 aliphatic carbocycles. The highest BCUT2D eigenvalue weighted by atomic mass is 35.5. The maximum atomic E-state index is 12.7. The summed E-state index contributed by atoms with van der Waals surface area (Å²) < 4.78 is 15.8. The molecule has 0 radical (unpaired) electrons. The van der Waals surface area contributed by atoms with Crippen LogP contribution in [0.3, 0.4) is 0 Å². The predicted octanol–water partition coefficient (Wildman–Crippen LogP) is 7.27. The molecule has 2 aromatic heterocycles. The Balaban J connectivity index is 1.51. The van der Waals surface area contributed by atoms with Crippen molar-refractivity contribution in [3.05, 3.63) is 94.1 Å². The molecular formula is C25H19Cl2N3OS. The summed E-state index contributed by atoms with van der Waals surface area (Å²) in [5.41, 5.74) is 6.29. The standard InChI is InChI=1S/C25H19Cl2N3OS/c1-15-25(24-13-21(27)19-7-2-3-8-22(19)29-24)20-12-18(9-10-23(20)28-15)30-32(31)14-16-5-4-6-17(26)11-16/h2-13,28,30H,14H2,1H3. The molecule has 0 spiro atoms. The van der Waals surface area contributed by atoms with Crippen LogP contribution in [-0.4, -0.2) is 14.2 Å². The van der Waals surface area contributed by atoms with Crippen LogP contribution in [0, 0.1) is 6.92 Å². The van der Waals surface area contributed by atoms with E-state index in [1.807, 2.05) is 73.7 Å². The minimum atomic E-state index is -1.30. The largest absolute Gasteiger partial charge is 0.358 e. The topological polar surface area (TPSA) is 57.8 Å². The van der Waals surface area contributed by atoms with Crippen molar-refractivity contribution in [1.82, 2.24) is 9.97 Å². The Labute approximate surface area is 198 Å². The van der Waals surface area contributed by atoms with E-state index < -0.39 is 11.0 Å². The van der Waals surface area contributed by atoms with Crippen molar-refractivity contribution >= 4 is 61.7 Å². The van der Waals surface area contributed by atoms with Gasteiger partial charge in [-0.15, -0.1) is 0 Å². The van der Waals surface area contributed by atoms with Gasteiger partial charge >= 0.3 is 0 Å². The Kier molecular flexibility index (Phi) is 5.64. The molecule has 5 aromatic rings. The lowest BCUT2D eigenvalue weighted by Crippen LogP contribution is -2.06. The Hall–Kier alpha value is -2.86. The van der Waals surface area contributed by atoms with Gasteiger partial charge in [-0.1, -0.05) is 53.5 Å². The van der Waals surface area contributed by atoms with Gasteiger partial charge in [0.25, 0.3) is 0 Å². The molecule has 0 aliphatic rings. The first kappa shape index (κ1) is 21.0. The molecule has 0 saturated carbocycles. The van der Waals surface area contributed by atoms with Crippen molar-refractivity contribution < 1.29 is 4.21 Å². The van der Waals surface area contributed by atoms with Crippen LogP contribution in [0.4, 0.5) is 5.69 Å². The Morgan fingerprint density at radius 2 is 1.81 bits per heavy atom. The molecule has 0 fully saturated rings. The average Bonchev–Trinajstić information content (AvgIpc) is 3.08. The summed E-state index contributed by atoms with van der Waals surface area (Å²) in [4.78, 5) is 8.27. The van der Waals surface area contributed by atoms with E-state index in [0.29, 0.717) is 15.8 Å². The molecule has 32 heavy (non-hydrogen) atoms. The molecule has 7 heteroatoms. The minimum Gasteiger partial charge on any atom is -0.358 e. The Bertz CT molecular complexity index is 1500. The van der Waals surface area contributed by atoms with Gasteiger partial charge in [0, 0.05) is 38.3 Å². The number of fused-ring (bicyclic) bond motifs is 2. The fourth-order valence-corrected chi connectivity index (χ4v) is 5.35. The predicted molar refractivity (Wildman–Crippen MR) is 136 cm³/mol. The van der Waals surface area contributed by atoms with Gasteiger partial charge in [-0.3, -0.25) is 0 Å². The minimum absolute atomic E-state index is 0.361. The third-order valence-electron chi connectivity index (χ3n) is 5.33. The number of rotatable bonds is 5. The molecule has 0 aliphatic heterocycles. The molecule has 160 valence electrons. The van der Waals surface area contributed by atoms with Crippen LogP contribution in [0.15, 0.2) is 72.8 Å². The number of nitrogens with zero attached hydrogens (tertiary/aromatic N) is 1. The zero-order chi connectivity index (χ0) is 22.2. The SMILES string of the molecule is Cc1[nH]c2ccc(NS(=O)Cc3cccc(Cl)c3)cc2c1-c1cc(Cl)c2ccccc2n1. The summed E-state index contributed by atoms with van der Waals surface area (Å²) in [6.45, 7) is 2.02. The van der Waals surface area contributed by atoms with E-state index in [4.69, 9.17) is 28.2 Å². The van der Waals surface area contributed by atoms with Crippen LogP contribution < -0.4 is 4.72 Å². The second-order valence-electron chi connectivity index (χ2n) is 7.61. The lowest BCUT2D eigenvalue weighted by Gasteiger charge is -2.09. The first-order valence-corrected chi connectivity index (χ1v) is 12.1. The van der Waals surface area contributed by atoms with Gasteiger partial charge in [0.05, 0.1) is 22.0 Å². The summed E-state index contributed by atoms with van der Waals surface area (Å²) >= 11 is 12.6. The highest BCUT2D eigenvalue weighted by Gasteiger charge is 2.15. The highest BCUT2D eigenvalue weighted by molar-refractivity contribution is 7.85. The molecule has 0 bridgehead atoms. The second-order valence-corrected chi connectivity index (χ2v) is 9.64. The van der Waals surface area contributed by atoms with E-state index in [1.54, 1.807) is 6.07 Å². The second kappa shape index (κ2) is 8.58. The van der Waals surface area contributed by atoms with Crippen LogP contribution >= 0.6 is 23.2 Å². The molecule has 2 N–H and O–H groups in total. The van der Waals surface area contributed by atoms with Gasteiger partial charge in [-0.2, -0.15) is 0 Å². The number of halogens is 2. The fraction of sp³-hybridized carbons (Fsp3) is 0.0800. The lowest BCUT2D eigenvalue weighted by molar-refractivity contribution is 0.686. The fourth-order valence-electron chi connectivity index (χ4n) is 3.93. The molecule has 2 heterocycles. The van der Waals surface area contributed by atoms with Gasteiger partial charge in [0.2, 0.25) is 0 Å². The van der Waals surface area contributed by atoms with Crippen LogP contribution in [0.5, 0.6) is 0 Å².